The number of aromatic nitrogens is 1. The van der Waals surface area contributed by atoms with Gasteiger partial charge < -0.3 is 10.4 Å². The molecule has 0 bridgehead atoms. The third-order valence-corrected chi connectivity index (χ3v) is 4.68. The summed E-state index contributed by atoms with van der Waals surface area (Å²) in [5.41, 5.74) is 0.164. The molecule has 0 aliphatic carbocycles. The SMILES string of the molecule is Cc1sc(NCCN2CCSCC2)nc1C(=O)O. The summed E-state index contributed by atoms with van der Waals surface area (Å²) in [6.07, 6.45) is 0. The average Bonchev–Trinajstić information content (AvgIpc) is 2.72. The van der Waals surface area contributed by atoms with Gasteiger partial charge >= 0.3 is 5.97 Å². The number of rotatable bonds is 5. The molecule has 1 aliphatic rings. The molecule has 0 aromatic carbocycles. The molecule has 0 radical (unpaired) electrons. The third-order valence-electron chi connectivity index (χ3n) is 2.81. The number of carboxylic acids is 1. The van der Waals surface area contributed by atoms with Crippen molar-refractivity contribution < 1.29 is 9.90 Å². The highest BCUT2D eigenvalue weighted by Crippen LogP contribution is 2.21. The molecule has 1 aromatic rings. The van der Waals surface area contributed by atoms with Gasteiger partial charge in [0, 0.05) is 42.6 Å². The Bertz CT molecular complexity index is 416. The zero-order valence-corrected chi connectivity index (χ0v) is 11.9. The molecule has 0 saturated carbocycles. The van der Waals surface area contributed by atoms with Crippen molar-refractivity contribution in [3.63, 3.8) is 0 Å². The van der Waals surface area contributed by atoms with Gasteiger partial charge in [-0.15, -0.1) is 11.3 Å². The standard InChI is InChI=1S/C11H17N3O2S2/c1-8-9(10(15)16)13-11(18-8)12-2-3-14-4-6-17-7-5-14/h2-7H2,1H3,(H,12,13)(H,15,16). The average molecular weight is 287 g/mol. The Kier molecular flexibility index (Phi) is 4.85. The number of thiazole rings is 1. The zero-order chi connectivity index (χ0) is 13.0. The maximum Gasteiger partial charge on any atom is 0.355 e. The topological polar surface area (TPSA) is 65.5 Å². The largest absolute Gasteiger partial charge is 0.476 e. The first-order chi connectivity index (χ1) is 8.66. The van der Waals surface area contributed by atoms with Crippen molar-refractivity contribution in [1.29, 1.82) is 0 Å². The lowest BCUT2D eigenvalue weighted by atomic mass is 10.4. The predicted octanol–water partition coefficient (Wildman–Crippen LogP) is 1.61. The van der Waals surface area contributed by atoms with E-state index in [-0.39, 0.29) is 5.69 Å². The molecular formula is C11H17N3O2S2. The quantitative estimate of drug-likeness (QED) is 0.858. The summed E-state index contributed by atoms with van der Waals surface area (Å²) in [6, 6.07) is 0. The molecule has 0 unspecified atom stereocenters. The first-order valence-corrected chi connectivity index (χ1v) is 7.88. The van der Waals surface area contributed by atoms with Gasteiger partial charge in [0.2, 0.25) is 0 Å². The number of hydrogen-bond donors (Lipinski definition) is 2. The lowest BCUT2D eigenvalue weighted by Crippen LogP contribution is -2.36. The van der Waals surface area contributed by atoms with Gasteiger partial charge in [-0.2, -0.15) is 11.8 Å². The molecule has 7 heteroatoms. The molecule has 0 amide bonds. The first-order valence-electron chi connectivity index (χ1n) is 5.91. The lowest BCUT2D eigenvalue weighted by molar-refractivity contribution is 0.0690. The molecule has 0 atom stereocenters. The Labute approximate surface area is 115 Å². The number of thioether (sulfide) groups is 1. The minimum atomic E-state index is -0.954. The number of anilines is 1. The number of carbonyl (C=O) groups is 1. The van der Waals surface area contributed by atoms with Gasteiger partial charge in [0.1, 0.15) is 0 Å². The molecule has 5 nitrogen and oxygen atoms in total. The maximum atomic E-state index is 10.9. The van der Waals surface area contributed by atoms with Crippen LogP contribution in [0.4, 0.5) is 5.13 Å². The number of aromatic carboxylic acids is 1. The fraction of sp³-hybridized carbons (Fsp3) is 0.636. The molecule has 0 spiro atoms. The first kappa shape index (κ1) is 13.6. The summed E-state index contributed by atoms with van der Waals surface area (Å²) in [7, 11) is 0. The predicted molar refractivity (Wildman–Crippen MR) is 76.1 cm³/mol. The van der Waals surface area contributed by atoms with E-state index in [1.807, 2.05) is 11.8 Å². The number of nitrogens with one attached hydrogen (secondary N) is 1. The van der Waals surface area contributed by atoms with Crippen molar-refractivity contribution >= 4 is 34.2 Å². The van der Waals surface area contributed by atoms with E-state index < -0.39 is 5.97 Å². The Morgan fingerprint density at radius 2 is 2.22 bits per heavy atom. The van der Waals surface area contributed by atoms with Gasteiger partial charge in [-0.25, -0.2) is 9.78 Å². The van der Waals surface area contributed by atoms with Crippen LogP contribution in [0, 0.1) is 6.92 Å². The Morgan fingerprint density at radius 1 is 1.50 bits per heavy atom. The van der Waals surface area contributed by atoms with Crippen LogP contribution in [-0.4, -0.2) is 58.6 Å². The lowest BCUT2D eigenvalue weighted by Gasteiger charge is -2.25. The molecule has 18 heavy (non-hydrogen) atoms. The summed E-state index contributed by atoms with van der Waals surface area (Å²) in [6.45, 7) is 5.87. The second-order valence-corrected chi connectivity index (χ2v) is 6.54. The van der Waals surface area contributed by atoms with Gasteiger partial charge in [-0.1, -0.05) is 0 Å². The molecule has 100 valence electrons. The van der Waals surface area contributed by atoms with Crippen LogP contribution < -0.4 is 5.32 Å². The van der Waals surface area contributed by atoms with E-state index in [9.17, 15) is 4.79 Å². The van der Waals surface area contributed by atoms with Gasteiger partial charge in [0.05, 0.1) is 0 Å². The Hall–Kier alpha value is -0.790. The summed E-state index contributed by atoms with van der Waals surface area (Å²) in [4.78, 5) is 18.1. The molecule has 1 saturated heterocycles. The van der Waals surface area contributed by atoms with Crippen LogP contribution in [0.25, 0.3) is 0 Å². The second kappa shape index (κ2) is 6.40. The van der Waals surface area contributed by atoms with E-state index in [1.54, 1.807) is 6.92 Å². The fourth-order valence-electron chi connectivity index (χ4n) is 1.82. The summed E-state index contributed by atoms with van der Waals surface area (Å²) in [5, 5.41) is 12.8. The molecule has 1 fully saturated rings. The smallest absolute Gasteiger partial charge is 0.355 e. The third kappa shape index (κ3) is 3.60. The Morgan fingerprint density at radius 3 is 2.83 bits per heavy atom. The van der Waals surface area contributed by atoms with Gasteiger partial charge in [0.25, 0.3) is 0 Å². The van der Waals surface area contributed by atoms with Crippen molar-refractivity contribution in [2.75, 3.05) is 43.0 Å². The second-order valence-electron chi connectivity index (χ2n) is 4.11. The molecule has 2 N–H and O–H groups in total. The highest BCUT2D eigenvalue weighted by molar-refractivity contribution is 7.99. The molecule has 2 heterocycles. The molecule has 2 rings (SSSR count). The number of aryl methyl sites for hydroxylation is 1. The van der Waals surface area contributed by atoms with E-state index in [0.29, 0.717) is 5.13 Å². The van der Waals surface area contributed by atoms with E-state index in [1.165, 1.54) is 22.8 Å². The van der Waals surface area contributed by atoms with Gasteiger partial charge in [-0.05, 0) is 6.92 Å². The van der Waals surface area contributed by atoms with Crippen LogP contribution in [0.1, 0.15) is 15.4 Å². The number of carboxylic acid groups (broad SMARTS) is 1. The van der Waals surface area contributed by atoms with Crippen molar-refractivity contribution in [2.24, 2.45) is 0 Å². The minimum Gasteiger partial charge on any atom is -0.476 e. The van der Waals surface area contributed by atoms with Crippen LogP contribution >= 0.6 is 23.1 Å². The van der Waals surface area contributed by atoms with E-state index >= 15 is 0 Å². The van der Waals surface area contributed by atoms with Crippen molar-refractivity contribution in [2.45, 2.75) is 6.92 Å². The van der Waals surface area contributed by atoms with Crippen LogP contribution in [0.5, 0.6) is 0 Å². The van der Waals surface area contributed by atoms with Crippen LogP contribution in [0.2, 0.25) is 0 Å². The summed E-state index contributed by atoms with van der Waals surface area (Å²) in [5.74, 6) is 1.46. The van der Waals surface area contributed by atoms with Crippen molar-refractivity contribution in [3.8, 4) is 0 Å². The normalized spacial score (nSPS) is 16.7. The minimum absolute atomic E-state index is 0.164. The number of hydrogen-bond acceptors (Lipinski definition) is 6. The van der Waals surface area contributed by atoms with E-state index in [2.05, 4.69) is 15.2 Å². The highest BCUT2D eigenvalue weighted by Gasteiger charge is 2.14. The molecule has 1 aliphatic heterocycles. The van der Waals surface area contributed by atoms with E-state index in [0.717, 1.165) is 31.1 Å². The van der Waals surface area contributed by atoms with Crippen molar-refractivity contribution in [1.82, 2.24) is 9.88 Å². The number of nitrogens with zero attached hydrogens (tertiary/aromatic N) is 2. The van der Waals surface area contributed by atoms with Crippen LogP contribution in [0.3, 0.4) is 0 Å². The monoisotopic (exact) mass is 287 g/mol. The Balaban J connectivity index is 1.79. The summed E-state index contributed by atoms with van der Waals surface area (Å²) >= 11 is 3.40. The molecular weight excluding hydrogens is 270 g/mol. The zero-order valence-electron chi connectivity index (χ0n) is 10.3. The van der Waals surface area contributed by atoms with Gasteiger partial charge in [-0.3, -0.25) is 4.90 Å². The highest BCUT2D eigenvalue weighted by atomic mass is 32.2. The fourth-order valence-corrected chi connectivity index (χ4v) is 3.63. The van der Waals surface area contributed by atoms with E-state index in [4.69, 9.17) is 5.11 Å². The van der Waals surface area contributed by atoms with Gasteiger partial charge in [0.15, 0.2) is 10.8 Å². The molecule has 1 aromatic heterocycles. The van der Waals surface area contributed by atoms with Crippen molar-refractivity contribution in [3.05, 3.63) is 10.6 Å². The maximum absolute atomic E-state index is 10.9. The van der Waals surface area contributed by atoms with Crippen LogP contribution in [-0.2, 0) is 0 Å². The van der Waals surface area contributed by atoms with Crippen LogP contribution in [0.15, 0.2) is 0 Å². The summed E-state index contributed by atoms with van der Waals surface area (Å²) < 4.78 is 0.